The highest BCUT2D eigenvalue weighted by Crippen LogP contribution is 2.17. The number of hydrogen-bond acceptors (Lipinski definition) is 5. The van der Waals surface area contributed by atoms with Crippen LogP contribution in [0.1, 0.15) is 10.4 Å². The van der Waals surface area contributed by atoms with Crippen molar-refractivity contribution in [2.75, 3.05) is 0 Å². The van der Waals surface area contributed by atoms with E-state index in [9.17, 15) is 4.79 Å². The minimum atomic E-state index is -0.530. The third-order valence-electron chi connectivity index (χ3n) is 1.90. The Morgan fingerprint density at radius 3 is 2.60 bits per heavy atom. The molecule has 0 atom stereocenters. The molecule has 0 saturated carbocycles. The van der Waals surface area contributed by atoms with Gasteiger partial charge in [0.1, 0.15) is 5.69 Å². The summed E-state index contributed by atoms with van der Waals surface area (Å²) in [7, 11) is 0. The molecule has 0 fully saturated rings. The first-order valence-electron chi connectivity index (χ1n) is 4.13. The fourth-order valence-electron chi connectivity index (χ4n) is 1.15. The number of amides is 1. The second kappa shape index (κ2) is 4.16. The number of aromatic nitrogens is 2. The van der Waals surface area contributed by atoms with E-state index >= 15 is 0 Å². The largest absolute Gasteiger partial charge is 0.288 e. The van der Waals surface area contributed by atoms with Crippen LogP contribution < -0.4 is 5.48 Å². The van der Waals surface area contributed by atoms with Gasteiger partial charge in [-0.15, -0.1) is 5.10 Å². The fraction of sp³-hybridized carbons (Fsp3) is 0. The summed E-state index contributed by atoms with van der Waals surface area (Å²) in [5.41, 5.74) is 3.62. The van der Waals surface area contributed by atoms with Gasteiger partial charge in [-0.2, -0.15) is 0 Å². The quantitative estimate of drug-likeness (QED) is 0.592. The van der Waals surface area contributed by atoms with Crippen LogP contribution in [-0.4, -0.2) is 20.7 Å². The van der Waals surface area contributed by atoms with Crippen LogP contribution in [0.15, 0.2) is 29.6 Å². The molecule has 0 aliphatic carbocycles. The molecule has 1 amide bonds. The number of carbonyl (C=O) groups excluding carboxylic acids is 1. The Balaban J connectivity index is 2.29. The van der Waals surface area contributed by atoms with Crippen LogP contribution in [0.2, 0.25) is 0 Å². The molecule has 0 saturated heterocycles. The molecule has 0 bridgehead atoms. The van der Waals surface area contributed by atoms with E-state index in [0.29, 0.717) is 5.56 Å². The predicted octanol–water partition coefficient (Wildman–Crippen LogP) is 1.32. The van der Waals surface area contributed by atoms with E-state index < -0.39 is 5.91 Å². The van der Waals surface area contributed by atoms with Gasteiger partial charge in [-0.1, -0.05) is 16.6 Å². The zero-order valence-corrected chi connectivity index (χ0v) is 8.36. The van der Waals surface area contributed by atoms with Gasteiger partial charge in [0.2, 0.25) is 0 Å². The van der Waals surface area contributed by atoms with E-state index in [-0.39, 0.29) is 0 Å². The molecule has 1 heterocycles. The Labute approximate surface area is 89.5 Å². The summed E-state index contributed by atoms with van der Waals surface area (Å²) in [6, 6.07) is 6.73. The van der Waals surface area contributed by atoms with Crippen molar-refractivity contribution in [3.8, 4) is 11.3 Å². The summed E-state index contributed by atoms with van der Waals surface area (Å²) < 4.78 is 3.74. The molecule has 2 N–H and O–H groups in total. The molecule has 5 nitrogen and oxygen atoms in total. The minimum absolute atomic E-state index is 0.393. The molecule has 0 aliphatic rings. The van der Waals surface area contributed by atoms with Gasteiger partial charge < -0.3 is 0 Å². The van der Waals surface area contributed by atoms with Crippen molar-refractivity contribution in [3.05, 3.63) is 35.2 Å². The van der Waals surface area contributed by atoms with Crippen LogP contribution in [-0.2, 0) is 0 Å². The van der Waals surface area contributed by atoms with Gasteiger partial charge in [0, 0.05) is 16.5 Å². The highest BCUT2D eigenvalue weighted by molar-refractivity contribution is 7.03. The standard InChI is InChI=1S/C9H7N3O2S/c13-9(11-14)7-3-1-6(2-4-7)8-5-15-12-10-8/h1-5,14H,(H,11,13). The molecule has 2 aromatic rings. The maximum Gasteiger partial charge on any atom is 0.274 e. The number of nitrogens with zero attached hydrogens (tertiary/aromatic N) is 2. The second-order valence-electron chi connectivity index (χ2n) is 2.81. The topological polar surface area (TPSA) is 75.1 Å². The van der Waals surface area contributed by atoms with Gasteiger partial charge in [-0.3, -0.25) is 10.0 Å². The highest BCUT2D eigenvalue weighted by atomic mass is 32.1. The summed E-state index contributed by atoms with van der Waals surface area (Å²) in [6.45, 7) is 0. The molecule has 0 spiro atoms. The number of nitrogens with one attached hydrogen (secondary N) is 1. The van der Waals surface area contributed by atoms with Crippen molar-refractivity contribution in [1.82, 2.24) is 15.1 Å². The normalized spacial score (nSPS) is 9.93. The predicted molar refractivity (Wildman–Crippen MR) is 54.6 cm³/mol. The van der Waals surface area contributed by atoms with Gasteiger partial charge in [-0.05, 0) is 23.7 Å². The maximum absolute atomic E-state index is 11.0. The molecule has 76 valence electrons. The minimum Gasteiger partial charge on any atom is -0.288 e. The Kier molecular flexibility index (Phi) is 2.70. The van der Waals surface area contributed by atoms with Crippen molar-refractivity contribution in [1.29, 1.82) is 0 Å². The molecule has 2 rings (SSSR count). The van der Waals surface area contributed by atoms with Crippen molar-refractivity contribution in [2.45, 2.75) is 0 Å². The lowest BCUT2D eigenvalue weighted by Crippen LogP contribution is -2.18. The Hall–Kier alpha value is -1.79. The van der Waals surface area contributed by atoms with Gasteiger partial charge in [-0.25, -0.2) is 5.48 Å². The lowest BCUT2D eigenvalue weighted by Gasteiger charge is -1.99. The van der Waals surface area contributed by atoms with E-state index in [1.165, 1.54) is 11.5 Å². The number of hydrogen-bond donors (Lipinski definition) is 2. The Morgan fingerprint density at radius 1 is 1.33 bits per heavy atom. The summed E-state index contributed by atoms with van der Waals surface area (Å²) >= 11 is 1.27. The first kappa shape index (κ1) is 9.75. The van der Waals surface area contributed by atoms with Crippen LogP contribution in [0.5, 0.6) is 0 Å². The zero-order valence-electron chi connectivity index (χ0n) is 7.54. The summed E-state index contributed by atoms with van der Waals surface area (Å²) in [5.74, 6) is -0.530. The van der Waals surface area contributed by atoms with Crippen molar-refractivity contribution in [2.24, 2.45) is 0 Å². The molecule has 1 aromatic heterocycles. The van der Waals surface area contributed by atoms with Crippen molar-refractivity contribution in [3.63, 3.8) is 0 Å². The van der Waals surface area contributed by atoms with Crippen LogP contribution in [0.25, 0.3) is 11.3 Å². The number of rotatable bonds is 2. The SMILES string of the molecule is O=C(NO)c1ccc(-c2csnn2)cc1. The smallest absolute Gasteiger partial charge is 0.274 e. The number of benzene rings is 1. The van der Waals surface area contributed by atoms with E-state index in [2.05, 4.69) is 9.59 Å². The second-order valence-corrected chi connectivity index (χ2v) is 3.42. The van der Waals surface area contributed by atoms with Crippen LogP contribution in [0, 0.1) is 0 Å². The summed E-state index contributed by atoms with van der Waals surface area (Å²) in [5, 5.41) is 14.1. The number of hydroxylamine groups is 1. The Morgan fingerprint density at radius 2 is 2.07 bits per heavy atom. The van der Waals surface area contributed by atoms with Gasteiger partial charge in [0.05, 0.1) is 0 Å². The van der Waals surface area contributed by atoms with Crippen molar-refractivity contribution >= 4 is 17.4 Å². The van der Waals surface area contributed by atoms with Crippen LogP contribution >= 0.6 is 11.5 Å². The Bertz CT molecular complexity index is 453. The van der Waals surface area contributed by atoms with Crippen molar-refractivity contribution < 1.29 is 10.0 Å². The molecular weight excluding hydrogens is 214 g/mol. The van der Waals surface area contributed by atoms with E-state index in [0.717, 1.165) is 11.3 Å². The maximum atomic E-state index is 11.0. The molecule has 15 heavy (non-hydrogen) atoms. The van der Waals surface area contributed by atoms with Crippen LogP contribution in [0.3, 0.4) is 0 Å². The van der Waals surface area contributed by atoms with Gasteiger partial charge in [0.25, 0.3) is 5.91 Å². The molecule has 0 aliphatic heterocycles. The lowest BCUT2D eigenvalue weighted by molar-refractivity contribution is 0.0706. The van der Waals surface area contributed by atoms with Crippen LogP contribution in [0.4, 0.5) is 0 Å². The molecule has 6 heteroatoms. The monoisotopic (exact) mass is 221 g/mol. The molecular formula is C9H7N3O2S. The third kappa shape index (κ3) is 2.00. The third-order valence-corrected chi connectivity index (χ3v) is 2.41. The van der Waals surface area contributed by atoms with Gasteiger partial charge in [0.15, 0.2) is 0 Å². The molecule has 1 aromatic carbocycles. The molecule has 0 unspecified atom stereocenters. The first-order chi connectivity index (χ1) is 7.31. The fourth-order valence-corrected chi connectivity index (χ4v) is 1.61. The van der Waals surface area contributed by atoms with E-state index in [4.69, 9.17) is 5.21 Å². The highest BCUT2D eigenvalue weighted by Gasteiger charge is 2.05. The average Bonchev–Trinajstić information content (AvgIpc) is 2.82. The first-order valence-corrected chi connectivity index (χ1v) is 4.97. The van der Waals surface area contributed by atoms with E-state index in [1.807, 2.05) is 5.38 Å². The summed E-state index contributed by atoms with van der Waals surface area (Å²) in [4.78, 5) is 11.0. The zero-order chi connectivity index (χ0) is 10.7. The average molecular weight is 221 g/mol. The summed E-state index contributed by atoms with van der Waals surface area (Å²) in [6.07, 6.45) is 0. The van der Waals surface area contributed by atoms with Gasteiger partial charge >= 0.3 is 0 Å². The van der Waals surface area contributed by atoms with E-state index in [1.54, 1.807) is 29.7 Å². The number of carbonyl (C=O) groups is 1. The molecule has 0 radical (unpaired) electrons. The lowest BCUT2D eigenvalue weighted by atomic mass is 10.1.